The van der Waals surface area contributed by atoms with Gasteiger partial charge < -0.3 is 10.1 Å². The Bertz CT molecular complexity index is 498. The fourth-order valence-corrected chi connectivity index (χ4v) is 2.56. The summed E-state index contributed by atoms with van der Waals surface area (Å²) in [5.41, 5.74) is 1.06. The summed E-state index contributed by atoms with van der Waals surface area (Å²) in [5, 5.41) is 6.11. The first kappa shape index (κ1) is 13.2. The first-order valence-corrected chi connectivity index (χ1v) is 7.23. The zero-order valence-electron chi connectivity index (χ0n) is 10.3. The molecule has 0 aliphatic rings. The van der Waals surface area contributed by atoms with E-state index in [0.29, 0.717) is 0 Å². The number of benzene rings is 1. The van der Waals surface area contributed by atoms with Crippen molar-refractivity contribution < 1.29 is 4.74 Å². The Kier molecular flexibility index (Phi) is 4.90. The monoisotopic (exact) mass is 281 g/mol. The van der Waals surface area contributed by atoms with Gasteiger partial charge in [-0.2, -0.15) is 0 Å². The quantitative estimate of drug-likeness (QED) is 0.821. The van der Waals surface area contributed by atoms with E-state index in [1.165, 1.54) is 4.88 Å². The van der Waals surface area contributed by atoms with Gasteiger partial charge in [0, 0.05) is 28.6 Å². The largest absolute Gasteiger partial charge is 0.494 e. The first-order valence-electron chi connectivity index (χ1n) is 5.97. The van der Waals surface area contributed by atoms with E-state index in [9.17, 15) is 0 Å². The lowest BCUT2D eigenvalue weighted by atomic mass is 10.3. The summed E-state index contributed by atoms with van der Waals surface area (Å²) >= 11 is 7.55. The van der Waals surface area contributed by atoms with Crippen molar-refractivity contribution in [2.45, 2.75) is 19.9 Å². The molecule has 0 saturated heterocycles. The van der Waals surface area contributed by atoms with Crippen LogP contribution in [0.4, 0.5) is 5.69 Å². The molecule has 0 aliphatic heterocycles. The van der Waals surface area contributed by atoms with Crippen LogP contribution in [0.2, 0.25) is 5.02 Å². The first-order chi connectivity index (χ1) is 8.78. The van der Waals surface area contributed by atoms with Crippen LogP contribution in [0.15, 0.2) is 35.7 Å². The maximum atomic E-state index is 5.89. The Hall–Kier alpha value is -1.19. The Morgan fingerprint density at radius 1 is 1.33 bits per heavy atom. The third-order valence-corrected chi connectivity index (χ3v) is 3.68. The smallest absolute Gasteiger partial charge is 0.121 e. The third kappa shape index (κ3) is 3.93. The number of hydrogen-bond donors (Lipinski definition) is 1. The van der Waals surface area contributed by atoms with Crippen LogP contribution < -0.4 is 10.1 Å². The molecule has 0 aliphatic carbocycles. The number of anilines is 1. The molecule has 0 fully saturated rings. The van der Waals surface area contributed by atoms with Crippen LogP contribution in [0.5, 0.6) is 5.75 Å². The number of rotatable bonds is 6. The van der Waals surface area contributed by atoms with E-state index < -0.39 is 0 Å². The van der Waals surface area contributed by atoms with Gasteiger partial charge in [-0.3, -0.25) is 0 Å². The summed E-state index contributed by atoms with van der Waals surface area (Å²) in [6.45, 7) is 3.64. The third-order valence-electron chi connectivity index (χ3n) is 2.40. The number of hydrogen-bond acceptors (Lipinski definition) is 3. The van der Waals surface area contributed by atoms with Gasteiger partial charge in [0.15, 0.2) is 0 Å². The second kappa shape index (κ2) is 6.66. The fraction of sp³-hybridized carbons (Fsp3) is 0.286. The van der Waals surface area contributed by atoms with Gasteiger partial charge in [0.2, 0.25) is 0 Å². The minimum absolute atomic E-state index is 0.754. The van der Waals surface area contributed by atoms with E-state index in [0.717, 1.165) is 36.0 Å². The highest BCUT2D eigenvalue weighted by Crippen LogP contribution is 2.22. The molecule has 4 heteroatoms. The molecule has 1 aromatic carbocycles. The van der Waals surface area contributed by atoms with Gasteiger partial charge in [0.05, 0.1) is 11.6 Å². The van der Waals surface area contributed by atoms with Crippen molar-refractivity contribution in [1.29, 1.82) is 0 Å². The van der Waals surface area contributed by atoms with Crippen molar-refractivity contribution in [1.82, 2.24) is 0 Å². The van der Waals surface area contributed by atoms with Crippen LogP contribution in [-0.2, 0) is 6.54 Å². The lowest BCUT2D eigenvalue weighted by Crippen LogP contribution is -1.99. The van der Waals surface area contributed by atoms with Gasteiger partial charge in [-0.15, -0.1) is 11.3 Å². The van der Waals surface area contributed by atoms with Gasteiger partial charge in [-0.25, -0.2) is 0 Å². The number of thiophene rings is 1. The van der Waals surface area contributed by atoms with Crippen LogP contribution >= 0.6 is 22.9 Å². The lowest BCUT2D eigenvalue weighted by Gasteiger charge is -2.08. The van der Waals surface area contributed by atoms with Crippen LogP contribution in [0.3, 0.4) is 0 Å². The van der Waals surface area contributed by atoms with Gasteiger partial charge in [-0.05, 0) is 24.6 Å². The zero-order chi connectivity index (χ0) is 12.8. The maximum absolute atomic E-state index is 5.89. The van der Waals surface area contributed by atoms with E-state index in [-0.39, 0.29) is 0 Å². The Balaban J connectivity index is 1.92. The Morgan fingerprint density at radius 2 is 2.22 bits per heavy atom. The number of ether oxygens (including phenoxy) is 1. The molecule has 0 spiro atoms. The van der Waals surface area contributed by atoms with Gasteiger partial charge in [-0.1, -0.05) is 24.6 Å². The van der Waals surface area contributed by atoms with E-state index in [2.05, 4.69) is 12.2 Å². The molecule has 0 radical (unpaired) electrons. The molecule has 0 bridgehead atoms. The molecule has 2 rings (SSSR count). The number of halogens is 1. The molecule has 96 valence electrons. The lowest BCUT2D eigenvalue weighted by molar-refractivity contribution is 0.317. The van der Waals surface area contributed by atoms with E-state index in [1.54, 1.807) is 11.3 Å². The standard InChI is InChI=1S/C14H16ClNOS/c1-2-6-17-13-5-3-4-12(8-13)16-9-14-7-11(15)10-18-14/h3-5,7-8,10,16H,2,6,9H2,1H3. The minimum atomic E-state index is 0.754. The van der Waals surface area contributed by atoms with Crippen molar-refractivity contribution in [2.75, 3.05) is 11.9 Å². The summed E-state index contributed by atoms with van der Waals surface area (Å²) in [7, 11) is 0. The van der Waals surface area contributed by atoms with Crippen molar-refractivity contribution in [3.63, 3.8) is 0 Å². The molecule has 1 heterocycles. The van der Waals surface area contributed by atoms with Crippen LogP contribution in [0.1, 0.15) is 18.2 Å². The highest BCUT2D eigenvalue weighted by atomic mass is 35.5. The molecule has 2 aromatic rings. The average molecular weight is 282 g/mol. The van der Waals surface area contributed by atoms with Crippen molar-refractivity contribution in [3.8, 4) is 5.75 Å². The highest BCUT2D eigenvalue weighted by Gasteiger charge is 1.99. The second-order valence-electron chi connectivity index (χ2n) is 3.96. The van der Waals surface area contributed by atoms with Crippen LogP contribution in [0, 0.1) is 0 Å². The van der Waals surface area contributed by atoms with E-state index >= 15 is 0 Å². The second-order valence-corrected chi connectivity index (χ2v) is 5.39. The summed E-state index contributed by atoms with van der Waals surface area (Å²) in [6, 6.07) is 10.0. The summed E-state index contributed by atoms with van der Waals surface area (Å²) < 4.78 is 5.59. The van der Waals surface area contributed by atoms with Crippen molar-refractivity contribution in [3.05, 3.63) is 45.6 Å². The zero-order valence-corrected chi connectivity index (χ0v) is 11.9. The number of nitrogens with one attached hydrogen (secondary N) is 1. The molecule has 0 amide bonds. The maximum Gasteiger partial charge on any atom is 0.121 e. The van der Waals surface area contributed by atoms with E-state index in [1.807, 2.05) is 35.7 Å². The molecular formula is C14H16ClNOS. The molecule has 0 unspecified atom stereocenters. The summed E-state index contributed by atoms with van der Waals surface area (Å²) in [5.74, 6) is 0.908. The minimum Gasteiger partial charge on any atom is -0.494 e. The van der Waals surface area contributed by atoms with Gasteiger partial charge in [0.25, 0.3) is 0 Å². The normalized spacial score (nSPS) is 10.3. The van der Waals surface area contributed by atoms with Crippen LogP contribution in [-0.4, -0.2) is 6.61 Å². The van der Waals surface area contributed by atoms with Crippen LogP contribution in [0.25, 0.3) is 0 Å². The Morgan fingerprint density at radius 3 is 2.94 bits per heavy atom. The summed E-state index contributed by atoms with van der Waals surface area (Å²) in [4.78, 5) is 1.22. The van der Waals surface area contributed by atoms with Gasteiger partial charge >= 0.3 is 0 Å². The SMILES string of the molecule is CCCOc1cccc(NCc2cc(Cl)cs2)c1. The highest BCUT2D eigenvalue weighted by molar-refractivity contribution is 7.10. The topological polar surface area (TPSA) is 21.3 Å². The molecule has 1 aromatic heterocycles. The molecular weight excluding hydrogens is 266 g/mol. The molecule has 2 nitrogen and oxygen atoms in total. The van der Waals surface area contributed by atoms with Crippen molar-refractivity contribution in [2.24, 2.45) is 0 Å². The predicted molar refractivity (Wildman–Crippen MR) is 78.9 cm³/mol. The molecule has 18 heavy (non-hydrogen) atoms. The average Bonchev–Trinajstić information content (AvgIpc) is 2.80. The molecule has 0 saturated carbocycles. The Labute approximate surface area is 117 Å². The van der Waals surface area contributed by atoms with E-state index in [4.69, 9.17) is 16.3 Å². The predicted octanol–water partition coefficient (Wildman–Crippen LogP) is 4.80. The van der Waals surface area contributed by atoms with Crippen molar-refractivity contribution >= 4 is 28.6 Å². The van der Waals surface area contributed by atoms with Gasteiger partial charge in [0.1, 0.15) is 5.75 Å². The fourth-order valence-electron chi connectivity index (χ4n) is 1.55. The molecule has 1 N–H and O–H groups in total. The molecule has 0 atom stereocenters. The summed E-state index contributed by atoms with van der Waals surface area (Å²) in [6.07, 6.45) is 1.02.